The Morgan fingerprint density at radius 3 is 2.47 bits per heavy atom. The fourth-order valence-corrected chi connectivity index (χ4v) is 2.16. The first kappa shape index (κ1) is 14.5. The Morgan fingerprint density at radius 1 is 1.41 bits per heavy atom. The van der Waals surface area contributed by atoms with Crippen LogP contribution in [-0.4, -0.2) is 42.5 Å². The van der Waals surface area contributed by atoms with Gasteiger partial charge >= 0.3 is 0 Å². The third kappa shape index (κ3) is 4.28. The SMILES string of the molecule is CC(C)CNC(=O)C(C)N(CCN)C1CCC1. The molecule has 0 aliphatic heterocycles. The fourth-order valence-electron chi connectivity index (χ4n) is 2.16. The van der Waals surface area contributed by atoms with Gasteiger partial charge in [-0.1, -0.05) is 20.3 Å². The summed E-state index contributed by atoms with van der Waals surface area (Å²) >= 11 is 0. The minimum absolute atomic E-state index is 0.0531. The normalized spacial score (nSPS) is 18.2. The van der Waals surface area contributed by atoms with Gasteiger partial charge in [-0.15, -0.1) is 0 Å². The molecule has 1 rings (SSSR count). The Labute approximate surface area is 105 Å². The maximum absolute atomic E-state index is 12.0. The van der Waals surface area contributed by atoms with Gasteiger partial charge in [-0.05, 0) is 25.7 Å². The van der Waals surface area contributed by atoms with Gasteiger partial charge < -0.3 is 11.1 Å². The summed E-state index contributed by atoms with van der Waals surface area (Å²) in [5.41, 5.74) is 5.63. The third-order valence-electron chi connectivity index (χ3n) is 3.49. The van der Waals surface area contributed by atoms with Crippen LogP contribution < -0.4 is 11.1 Å². The molecule has 3 N–H and O–H groups in total. The van der Waals surface area contributed by atoms with Crippen molar-refractivity contribution in [3.8, 4) is 0 Å². The highest BCUT2D eigenvalue weighted by atomic mass is 16.2. The molecule has 0 aromatic rings. The van der Waals surface area contributed by atoms with Crippen molar-refractivity contribution in [3.63, 3.8) is 0 Å². The highest BCUT2D eigenvalue weighted by molar-refractivity contribution is 5.81. The number of nitrogens with one attached hydrogen (secondary N) is 1. The molecule has 1 unspecified atom stereocenters. The number of rotatable bonds is 7. The zero-order chi connectivity index (χ0) is 12.8. The molecule has 1 fully saturated rings. The van der Waals surface area contributed by atoms with Crippen LogP contribution in [0.25, 0.3) is 0 Å². The summed E-state index contributed by atoms with van der Waals surface area (Å²) < 4.78 is 0. The van der Waals surface area contributed by atoms with Crippen LogP contribution in [-0.2, 0) is 4.79 Å². The minimum atomic E-state index is -0.0531. The monoisotopic (exact) mass is 241 g/mol. The average molecular weight is 241 g/mol. The van der Waals surface area contributed by atoms with Gasteiger partial charge in [-0.25, -0.2) is 0 Å². The van der Waals surface area contributed by atoms with Gasteiger partial charge in [0.2, 0.25) is 5.91 Å². The summed E-state index contributed by atoms with van der Waals surface area (Å²) in [6, 6.07) is 0.515. The van der Waals surface area contributed by atoms with E-state index in [1.807, 2.05) is 6.92 Å². The van der Waals surface area contributed by atoms with Gasteiger partial charge in [0.05, 0.1) is 6.04 Å². The number of hydrogen-bond acceptors (Lipinski definition) is 3. The van der Waals surface area contributed by atoms with Gasteiger partial charge in [-0.3, -0.25) is 9.69 Å². The van der Waals surface area contributed by atoms with Gasteiger partial charge in [0.1, 0.15) is 0 Å². The second-order valence-electron chi connectivity index (χ2n) is 5.43. The van der Waals surface area contributed by atoms with Crippen molar-refractivity contribution in [2.45, 2.75) is 52.1 Å². The predicted octanol–water partition coefficient (Wildman–Crippen LogP) is 0.960. The summed E-state index contributed by atoms with van der Waals surface area (Å²) in [5, 5.41) is 3.00. The fraction of sp³-hybridized carbons (Fsp3) is 0.923. The first-order valence-corrected chi connectivity index (χ1v) is 6.79. The lowest BCUT2D eigenvalue weighted by Gasteiger charge is -2.40. The number of nitrogens with two attached hydrogens (primary N) is 1. The zero-order valence-electron chi connectivity index (χ0n) is 11.4. The van der Waals surface area contributed by atoms with E-state index in [1.165, 1.54) is 19.3 Å². The smallest absolute Gasteiger partial charge is 0.237 e. The average Bonchev–Trinajstić information content (AvgIpc) is 2.21. The molecule has 0 heterocycles. The van der Waals surface area contributed by atoms with Gasteiger partial charge in [-0.2, -0.15) is 0 Å². The van der Waals surface area contributed by atoms with E-state index in [0.717, 1.165) is 13.1 Å². The summed E-state index contributed by atoms with van der Waals surface area (Å²) in [4.78, 5) is 14.3. The Kier molecular flexibility index (Phi) is 5.92. The van der Waals surface area contributed by atoms with E-state index in [0.29, 0.717) is 18.5 Å². The highest BCUT2D eigenvalue weighted by Gasteiger charge is 2.30. The van der Waals surface area contributed by atoms with Crippen molar-refractivity contribution < 1.29 is 4.79 Å². The topological polar surface area (TPSA) is 58.4 Å². The lowest BCUT2D eigenvalue weighted by atomic mass is 9.90. The first-order chi connectivity index (χ1) is 8.06. The maximum atomic E-state index is 12.0. The molecule has 0 bridgehead atoms. The second-order valence-corrected chi connectivity index (χ2v) is 5.43. The van der Waals surface area contributed by atoms with Crippen LogP contribution in [0.4, 0.5) is 0 Å². The van der Waals surface area contributed by atoms with Crippen molar-refractivity contribution in [2.75, 3.05) is 19.6 Å². The van der Waals surface area contributed by atoms with Gasteiger partial charge in [0, 0.05) is 25.7 Å². The van der Waals surface area contributed by atoms with Crippen LogP contribution in [0.2, 0.25) is 0 Å². The summed E-state index contributed by atoms with van der Waals surface area (Å²) in [7, 11) is 0. The van der Waals surface area contributed by atoms with Crippen molar-refractivity contribution in [1.29, 1.82) is 0 Å². The lowest BCUT2D eigenvalue weighted by molar-refractivity contribution is -0.127. The standard InChI is InChI=1S/C13H27N3O/c1-10(2)9-15-13(17)11(3)16(8-7-14)12-5-4-6-12/h10-12H,4-9,14H2,1-3H3,(H,15,17). The van der Waals surface area contributed by atoms with E-state index in [4.69, 9.17) is 5.73 Å². The Morgan fingerprint density at radius 2 is 2.06 bits per heavy atom. The van der Waals surface area contributed by atoms with Gasteiger partial charge in [0.25, 0.3) is 0 Å². The lowest BCUT2D eigenvalue weighted by Crippen LogP contribution is -2.53. The van der Waals surface area contributed by atoms with Crippen molar-refractivity contribution in [2.24, 2.45) is 11.7 Å². The molecule has 1 saturated carbocycles. The molecule has 0 spiro atoms. The quantitative estimate of drug-likeness (QED) is 0.698. The molecule has 4 heteroatoms. The molecule has 100 valence electrons. The van der Waals surface area contributed by atoms with E-state index >= 15 is 0 Å². The molecule has 1 aliphatic carbocycles. The molecule has 0 aromatic heterocycles. The molecule has 0 saturated heterocycles. The maximum Gasteiger partial charge on any atom is 0.237 e. The Balaban J connectivity index is 2.44. The minimum Gasteiger partial charge on any atom is -0.354 e. The van der Waals surface area contributed by atoms with Crippen LogP contribution in [0.5, 0.6) is 0 Å². The number of carbonyl (C=O) groups is 1. The van der Waals surface area contributed by atoms with Gasteiger partial charge in [0.15, 0.2) is 0 Å². The van der Waals surface area contributed by atoms with E-state index in [2.05, 4.69) is 24.1 Å². The molecule has 1 amide bonds. The molecular weight excluding hydrogens is 214 g/mol. The third-order valence-corrected chi connectivity index (χ3v) is 3.49. The molecular formula is C13H27N3O. The largest absolute Gasteiger partial charge is 0.354 e. The van der Waals surface area contributed by atoms with Crippen molar-refractivity contribution >= 4 is 5.91 Å². The Hall–Kier alpha value is -0.610. The number of hydrogen-bond donors (Lipinski definition) is 2. The number of amides is 1. The molecule has 4 nitrogen and oxygen atoms in total. The van der Waals surface area contributed by atoms with E-state index < -0.39 is 0 Å². The first-order valence-electron chi connectivity index (χ1n) is 6.79. The summed E-state index contributed by atoms with van der Waals surface area (Å²) in [6.07, 6.45) is 3.70. The molecule has 0 aromatic carbocycles. The summed E-state index contributed by atoms with van der Waals surface area (Å²) in [6.45, 7) is 8.40. The molecule has 1 aliphatic rings. The highest BCUT2D eigenvalue weighted by Crippen LogP contribution is 2.26. The van der Waals surface area contributed by atoms with Crippen LogP contribution in [0.15, 0.2) is 0 Å². The van der Waals surface area contributed by atoms with Crippen LogP contribution >= 0.6 is 0 Å². The van der Waals surface area contributed by atoms with Crippen LogP contribution in [0.3, 0.4) is 0 Å². The molecule has 1 atom stereocenters. The molecule has 17 heavy (non-hydrogen) atoms. The number of carbonyl (C=O) groups excluding carboxylic acids is 1. The summed E-state index contributed by atoms with van der Waals surface area (Å²) in [5.74, 6) is 0.636. The number of nitrogens with zero attached hydrogens (tertiary/aromatic N) is 1. The van der Waals surface area contributed by atoms with E-state index in [9.17, 15) is 4.79 Å². The second kappa shape index (κ2) is 6.97. The Bertz CT molecular complexity index is 239. The van der Waals surface area contributed by atoms with E-state index in [1.54, 1.807) is 0 Å². The van der Waals surface area contributed by atoms with Crippen LogP contribution in [0, 0.1) is 5.92 Å². The van der Waals surface area contributed by atoms with E-state index in [-0.39, 0.29) is 11.9 Å². The zero-order valence-corrected chi connectivity index (χ0v) is 11.4. The van der Waals surface area contributed by atoms with Crippen molar-refractivity contribution in [1.82, 2.24) is 10.2 Å². The van der Waals surface area contributed by atoms with Crippen LogP contribution in [0.1, 0.15) is 40.0 Å². The molecule has 0 radical (unpaired) electrons. The predicted molar refractivity (Wildman–Crippen MR) is 70.7 cm³/mol. The van der Waals surface area contributed by atoms with Crippen molar-refractivity contribution in [3.05, 3.63) is 0 Å².